The summed E-state index contributed by atoms with van der Waals surface area (Å²) in [5.41, 5.74) is -0.0248. The average molecular weight is 447 g/mol. The van der Waals surface area contributed by atoms with Crippen LogP contribution in [0.25, 0.3) is 11.1 Å². The molecule has 1 aromatic carbocycles. The number of amides is 4. The zero-order chi connectivity index (χ0) is 22.8. The molecule has 0 aliphatic carbocycles. The molecule has 4 rings (SSSR count). The number of anilines is 2. The van der Waals surface area contributed by atoms with Crippen molar-refractivity contribution in [3.05, 3.63) is 42.1 Å². The van der Waals surface area contributed by atoms with Crippen LogP contribution in [-0.2, 0) is 9.47 Å². The van der Waals surface area contributed by atoms with E-state index in [1.54, 1.807) is 6.07 Å². The first kappa shape index (κ1) is 21.3. The first-order valence-electron chi connectivity index (χ1n) is 9.68. The highest BCUT2D eigenvalue weighted by Crippen LogP contribution is 2.32. The van der Waals surface area contributed by atoms with E-state index >= 15 is 0 Å². The van der Waals surface area contributed by atoms with Gasteiger partial charge in [-0.1, -0.05) is 0 Å². The van der Waals surface area contributed by atoms with E-state index in [2.05, 4.69) is 20.4 Å². The number of pyridine rings is 1. The van der Waals surface area contributed by atoms with Crippen molar-refractivity contribution in [2.75, 3.05) is 43.1 Å². The first-order valence-corrected chi connectivity index (χ1v) is 9.68. The summed E-state index contributed by atoms with van der Waals surface area (Å²) in [7, 11) is 1.19. The van der Waals surface area contributed by atoms with Gasteiger partial charge in [0.05, 0.1) is 25.9 Å². The van der Waals surface area contributed by atoms with Crippen LogP contribution < -0.4 is 20.4 Å². The lowest BCUT2D eigenvalue weighted by atomic mass is 10.1. The maximum atomic E-state index is 14.9. The number of rotatable bonds is 5. The zero-order valence-electron chi connectivity index (χ0n) is 16.9. The van der Waals surface area contributed by atoms with E-state index in [0.717, 1.165) is 4.90 Å². The van der Waals surface area contributed by atoms with E-state index in [0.29, 0.717) is 24.5 Å². The molecule has 0 unspecified atom stereocenters. The van der Waals surface area contributed by atoms with Crippen LogP contribution in [0, 0.1) is 11.6 Å². The van der Waals surface area contributed by atoms with Gasteiger partial charge in [0.25, 0.3) is 0 Å². The Kier molecular flexibility index (Phi) is 5.75. The van der Waals surface area contributed by atoms with Crippen LogP contribution in [0.15, 0.2) is 30.5 Å². The van der Waals surface area contributed by atoms with E-state index < -0.39 is 29.9 Å². The molecule has 0 bridgehead atoms. The molecule has 0 radical (unpaired) electrons. The predicted molar refractivity (Wildman–Crippen MR) is 108 cm³/mol. The number of carbonyl (C=O) groups is 3. The highest BCUT2D eigenvalue weighted by molar-refractivity contribution is 5.93. The van der Waals surface area contributed by atoms with Gasteiger partial charge in [-0.2, -0.15) is 0 Å². The van der Waals surface area contributed by atoms with Gasteiger partial charge in [0.1, 0.15) is 11.9 Å². The van der Waals surface area contributed by atoms with Crippen molar-refractivity contribution in [2.24, 2.45) is 0 Å². The minimum absolute atomic E-state index is 0.0375. The molecule has 0 spiro atoms. The third kappa shape index (κ3) is 3.98. The summed E-state index contributed by atoms with van der Waals surface area (Å²) in [5, 5.41) is 5.04. The van der Waals surface area contributed by atoms with Gasteiger partial charge in [-0.3, -0.25) is 9.80 Å². The number of urea groups is 1. The molecule has 10 nitrogen and oxygen atoms in total. The Balaban J connectivity index is 1.52. The zero-order valence-corrected chi connectivity index (χ0v) is 16.9. The first-order chi connectivity index (χ1) is 15.4. The van der Waals surface area contributed by atoms with Crippen LogP contribution in [0.5, 0.6) is 0 Å². The molecule has 2 aliphatic heterocycles. The Morgan fingerprint density at radius 2 is 2.06 bits per heavy atom. The van der Waals surface area contributed by atoms with Crippen molar-refractivity contribution in [2.45, 2.75) is 6.10 Å². The van der Waals surface area contributed by atoms with Gasteiger partial charge in [-0.25, -0.2) is 28.1 Å². The number of methoxy groups -OCH3 is 1. The molecule has 12 heteroatoms. The van der Waals surface area contributed by atoms with Gasteiger partial charge in [0.15, 0.2) is 11.6 Å². The van der Waals surface area contributed by atoms with E-state index in [1.165, 1.54) is 36.4 Å². The number of hydrogen-bond donors (Lipinski definition) is 2. The van der Waals surface area contributed by atoms with Crippen molar-refractivity contribution in [3.8, 4) is 11.1 Å². The number of ether oxygens (including phenoxy) is 2. The number of hydrogen-bond acceptors (Lipinski definition) is 6. The lowest BCUT2D eigenvalue weighted by molar-refractivity contribution is 0.132. The lowest BCUT2D eigenvalue weighted by Crippen LogP contribution is -2.34. The number of aromatic nitrogens is 1. The smallest absolute Gasteiger partial charge is 0.414 e. The number of benzene rings is 1. The van der Waals surface area contributed by atoms with E-state index in [4.69, 9.17) is 4.74 Å². The maximum Gasteiger partial charge on any atom is 0.414 e. The van der Waals surface area contributed by atoms with Crippen LogP contribution in [0.3, 0.4) is 0 Å². The molecule has 2 N–H and O–H groups in total. The quantitative estimate of drug-likeness (QED) is 0.727. The minimum Gasteiger partial charge on any atom is -0.453 e. The summed E-state index contributed by atoms with van der Waals surface area (Å²) in [5.74, 6) is -1.98. The number of nitrogens with one attached hydrogen (secondary N) is 2. The van der Waals surface area contributed by atoms with Gasteiger partial charge in [0, 0.05) is 30.4 Å². The van der Waals surface area contributed by atoms with Crippen molar-refractivity contribution in [1.82, 2.24) is 15.6 Å². The Bertz CT molecular complexity index is 1070. The van der Waals surface area contributed by atoms with Gasteiger partial charge in [-0.15, -0.1) is 0 Å². The van der Waals surface area contributed by atoms with E-state index in [1.807, 2.05) is 0 Å². The molecule has 0 saturated carbocycles. The second kappa shape index (κ2) is 8.65. The van der Waals surface area contributed by atoms with Crippen molar-refractivity contribution < 1.29 is 32.6 Å². The molecule has 32 heavy (non-hydrogen) atoms. The highest BCUT2D eigenvalue weighted by atomic mass is 19.2. The summed E-state index contributed by atoms with van der Waals surface area (Å²) in [4.78, 5) is 41.6. The fraction of sp³-hybridized carbons (Fsp3) is 0.300. The Morgan fingerprint density at radius 3 is 2.72 bits per heavy atom. The molecule has 1 atom stereocenters. The number of halogens is 2. The van der Waals surface area contributed by atoms with Crippen LogP contribution in [0.4, 0.5) is 34.7 Å². The van der Waals surface area contributed by atoms with Crippen LogP contribution >= 0.6 is 0 Å². The molecule has 168 valence electrons. The van der Waals surface area contributed by atoms with Crippen LogP contribution in [0.1, 0.15) is 0 Å². The molecular formula is C20H19F2N5O5. The second-order valence-electron chi connectivity index (χ2n) is 7.04. The molecular weight excluding hydrogens is 428 g/mol. The number of cyclic esters (lactones) is 1. The summed E-state index contributed by atoms with van der Waals surface area (Å²) < 4.78 is 39.2. The topological polar surface area (TPSA) is 113 Å². The van der Waals surface area contributed by atoms with Gasteiger partial charge in [-0.05, 0) is 24.3 Å². The normalized spacial score (nSPS) is 17.9. The molecule has 1 aromatic heterocycles. The van der Waals surface area contributed by atoms with Gasteiger partial charge in [0.2, 0.25) is 0 Å². The molecule has 4 amide bonds. The maximum absolute atomic E-state index is 14.9. The van der Waals surface area contributed by atoms with E-state index in [-0.39, 0.29) is 30.4 Å². The summed E-state index contributed by atoms with van der Waals surface area (Å²) in [6.45, 7) is 0.851. The molecule has 2 fully saturated rings. The summed E-state index contributed by atoms with van der Waals surface area (Å²) in [6.07, 6.45) is -0.964. The third-order valence-corrected chi connectivity index (χ3v) is 5.08. The lowest BCUT2D eigenvalue weighted by Gasteiger charge is -2.16. The number of carbonyl (C=O) groups excluding carboxylic acids is 3. The summed E-state index contributed by atoms with van der Waals surface area (Å²) >= 11 is 0. The van der Waals surface area contributed by atoms with Crippen LogP contribution in [0.2, 0.25) is 0 Å². The SMILES string of the molecule is COC(=O)NC[C@H]1CN(c2ccc(-c3ccc(N4CCNC4=O)nc3)c(F)c2F)C(=O)O1. The van der Waals surface area contributed by atoms with Crippen LogP contribution in [-0.4, -0.2) is 62.6 Å². The fourth-order valence-electron chi connectivity index (χ4n) is 3.46. The van der Waals surface area contributed by atoms with Crippen molar-refractivity contribution in [3.63, 3.8) is 0 Å². The van der Waals surface area contributed by atoms with Gasteiger partial charge < -0.3 is 20.1 Å². The van der Waals surface area contributed by atoms with E-state index in [9.17, 15) is 23.2 Å². The molecule has 2 aliphatic rings. The number of alkyl carbamates (subject to hydrolysis) is 1. The highest BCUT2D eigenvalue weighted by Gasteiger charge is 2.35. The fourth-order valence-corrected chi connectivity index (χ4v) is 3.46. The third-order valence-electron chi connectivity index (χ3n) is 5.08. The Labute approximate surface area is 181 Å². The Hall–Kier alpha value is -3.96. The Morgan fingerprint density at radius 1 is 1.25 bits per heavy atom. The number of nitrogens with zero attached hydrogens (tertiary/aromatic N) is 3. The summed E-state index contributed by atoms with van der Waals surface area (Å²) in [6, 6.07) is 5.41. The monoisotopic (exact) mass is 447 g/mol. The average Bonchev–Trinajstić information content (AvgIpc) is 3.39. The second-order valence-corrected chi connectivity index (χ2v) is 7.04. The molecule has 3 heterocycles. The van der Waals surface area contributed by atoms with Gasteiger partial charge >= 0.3 is 18.2 Å². The molecule has 2 aromatic rings. The van der Waals surface area contributed by atoms with Crippen molar-refractivity contribution >= 4 is 29.7 Å². The largest absolute Gasteiger partial charge is 0.453 e. The van der Waals surface area contributed by atoms with Crippen molar-refractivity contribution in [1.29, 1.82) is 0 Å². The molecule has 2 saturated heterocycles. The predicted octanol–water partition coefficient (Wildman–Crippen LogP) is 2.24. The minimum atomic E-state index is -1.22. The standard InChI is InChI=1S/C20H19F2N5O5/c1-31-19(29)25-9-12-10-27(20(30)32-12)14-4-3-13(16(21)17(14)22)11-2-5-15(24-8-11)26-7-6-23-18(26)28/h2-5,8,12H,6-7,9-10H2,1H3,(H,23,28)(H,25,29)/t12-/m0/s1.